The average Bonchev–Trinajstić information content (AvgIpc) is 3.31. The molecule has 1 aromatic carbocycles. The van der Waals surface area contributed by atoms with Crippen molar-refractivity contribution >= 4 is 23.6 Å². The number of nitrogens with zero attached hydrogens (tertiary/aromatic N) is 3. The van der Waals surface area contributed by atoms with E-state index in [0.717, 1.165) is 24.1 Å². The van der Waals surface area contributed by atoms with Gasteiger partial charge < -0.3 is 15.8 Å². The molecule has 0 bridgehead atoms. The van der Waals surface area contributed by atoms with E-state index in [1.807, 2.05) is 31.2 Å². The third-order valence-electron chi connectivity index (χ3n) is 3.26. The molecule has 0 spiro atoms. The molecule has 7 heteroatoms. The lowest BCUT2D eigenvalue weighted by Crippen LogP contribution is -2.11. The van der Waals surface area contributed by atoms with Gasteiger partial charge in [0.15, 0.2) is 12.4 Å². The molecule has 2 aromatic rings. The smallest absolute Gasteiger partial charge is 0.309 e. The first-order valence-corrected chi connectivity index (χ1v) is 7.11. The molecule has 0 aliphatic heterocycles. The lowest BCUT2D eigenvalue weighted by atomic mass is 10.2. The fourth-order valence-corrected chi connectivity index (χ4v) is 1.90. The molecule has 0 saturated heterocycles. The maximum atomic E-state index is 11.5. The lowest BCUT2D eigenvalue weighted by molar-refractivity contribution is -0.146. The summed E-state index contributed by atoms with van der Waals surface area (Å²) in [5.74, 6) is 0.586. The van der Waals surface area contributed by atoms with Crippen LogP contribution in [0.25, 0.3) is 0 Å². The molecule has 3 N–H and O–H groups in total. The minimum absolute atomic E-state index is 0.00459. The van der Waals surface area contributed by atoms with Crippen LogP contribution in [0.3, 0.4) is 0 Å². The number of carbonyl (C=O) groups is 1. The number of ether oxygens (including phenoxy) is 1. The lowest BCUT2D eigenvalue weighted by Gasteiger charge is -2.08. The molecule has 1 heterocycles. The van der Waals surface area contributed by atoms with E-state index in [1.165, 1.54) is 0 Å². The Balaban J connectivity index is 1.68. The maximum Gasteiger partial charge on any atom is 0.309 e. The molecular formula is C15H17N5O2. The van der Waals surface area contributed by atoms with Crippen molar-refractivity contribution in [3.63, 3.8) is 0 Å². The van der Waals surface area contributed by atoms with Gasteiger partial charge in [0.1, 0.15) is 0 Å². The number of hydrogen-bond acceptors (Lipinski definition) is 7. The van der Waals surface area contributed by atoms with Gasteiger partial charge in [0.25, 0.3) is 0 Å². The van der Waals surface area contributed by atoms with Crippen LogP contribution >= 0.6 is 0 Å². The van der Waals surface area contributed by atoms with Gasteiger partial charge in [0.2, 0.25) is 11.9 Å². The van der Waals surface area contributed by atoms with Gasteiger partial charge in [-0.25, -0.2) is 0 Å². The number of nitrogens with one attached hydrogen (secondary N) is 1. The summed E-state index contributed by atoms with van der Waals surface area (Å²) in [5, 5.41) is 3.05. The molecule has 1 aromatic heterocycles. The zero-order chi connectivity index (χ0) is 15.5. The van der Waals surface area contributed by atoms with Crippen molar-refractivity contribution in [2.24, 2.45) is 5.92 Å². The SMILES string of the molecule is Cc1ccc(Nc2nc(N)nc(COC(=O)C3CC3)n2)cc1. The maximum absolute atomic E-state index is 11.5. The van der Waals surface area contributed by atoms with Crippen molar-refractivity contribution in [3.05, 3.63) is 35.7 Å². The Morgan fingerprint density at radius 1 is 1.27 bits per heavy atom. The molecule has 114 valence electrons. The number of benzene rings is 1. The summed E-state index contributed by atoms with van der Waals surface area (Å²) in [7, 11) is 0. The second-order valence-electron chi connectivity index (χ2n) is 5.31. The number of carbonyl (C=O) groups excluding carboxylic acids is 1. The van der Waals surface area contributed by atoms with Crippen LogP contribution in [0, 0.1) is 12.8 Å². The summed E-state index contributed by atoms with van der Waals surface area (Å²) >= 11 is 0. The van der Waals surface area contributed by atoms with E-state index in [2.05, 4.69) is 20.3 Å². The minimum Gasteiger partial charge on any atom is -0.457 e. The average molecular weight is 299 g/mol. The normalized spacial score (nSPS) is 13.7. The molecule has 1 saturated carbocycles. The number of hydrogen-bond donors (Lipinski definition) is 2. The predicted molar refractivity (Wildman–Crippen MR) is 81.2 cm³/mol. The Kier molecular flexibility index (Phi) is 3.86. The fourth-order valence-electron chi connectivity index (χ4n) is 1.90. The van der Waals surface area contributed by atoms with Gasteiger partial charge in [-0.15, -0.1) is 0 Å². The van der Waals surface area contributed by atoms with E-state index in [1.54, 1.807) is 0 Å². The highest BCUT2D eigenvalue weighted by atomic mass is 16.5. The van der Waals surface area contributed by atoms with Crippen LogP contribution in [0.15, 0.2) is 24.3 Å². The minimum atomic E-state index is -0.202. The third-order valence-corrected chi connectivity index (χ3v) is 3.26. The Labute approximate surface area is 127 Å². The third kappa shape index (κ3) is 3.69. The number of anilines is 3. The van der Waals surface area contributed by atoms with E-state index in [0.29, 0.717) is 11.8 Å². The molecule has 0 radical (unpaired) electrons. The molecule has 3 rings (SSSR count). The second kappa shape index (κ2) is 5.97. The van der Waals surface area contributed by atoms with Crippen LogP contribution in [0.2, 0.25) is 0 Å². The molecule has 22 heavy (non-hydrogen) atoms. The predicted octanol–water partition coefficient (Wildman–Crippen LogP) is 1.96. The van der Waals surface area contributed by atoms with Crippen molar-refractivity contribution in [2.45, 2.75) is 26.4 Å². The highest BCUT2D eigenvalue weighted by Crippen LogP contribution is 2.30. The standard InChI is InChI=1S/C15H17N5O2/c1-9-2-6-11(7-3-9)17-15-19-12(18-14(16)20-15)8-22-13(21)10-4-5-10/h2-3,6-7,10H,4-5,8H2,1H3,(H3,16,17,18,19,20). The van der Waals surface area contributed by atoms with Crippen molar-refractivity contribution in [1.82, 2.24) is 15.0 Å². The van der Waals surface area contributed by atoms with Crippen LogP contribution in [0.1, 0.15) is 24.2 Å². The van der Waals surface area contributed by atoms with Gasteiger partial charge >= 0.3 is 5.97 Å². The molecule has 1 fully saturated rings. The summed E-state index contributed by atoms with van der Waals surface area (Å²) in [5.41, 5.74) is 7.68. The van der Waals surface area contributed by atoms with Crippen LogP contribution in [-0.2, 0) is 16.1 Å². The number of aryl methyl sites for hydroxylation is 1. The molecule has 0 amide bonds. The highest BCUT2D eigenvalue weighted by Gasteiger charge is 2.31. The van der Waals surface area contributed by atoms with Gasteiger partial charge in [0, 0.05) is 5.69 Å². The number of nitrogen functional groups attached to an aromatic ring is 1. The van der Waals surface area contributed by atoms with Gasteiger partial charge in [-0.1, -0.05) is 17.7 Å². The zero-order valence-corrected chi connectivity index (χ0v) is 12.2. The molecule has 0 unspecified atom stereocenters. The number of esters is 1. The molecule has 0 atom stereocenters. The fraction of sp³-hybridized carbons (Fsp3) is 0.333. The summed E-state index contributed by atoms with van der Waals surface area (Å²) in [4.78, 5) is 23.8. The topological polar surface area (TPSA) is 103 Å². The van der Waals surface area contributed by atoms with Gasteiger partial charge in [-0.3, -0.25) is 4.79 Å². The largest absolute Gasteiger partial charge is 0.457 e. The number of rotatable bonds is 5. The molecular weight excluding hydrogens is 282 g/mol. The highest BCUT2D eigenvalue weighted by molar-refractivity contribution is 5.74. The van der Waals surface area contributed by atoms with E-state index < -0.39 is 0 Å². The summed E-state index contributed by atoms with van der Waals surface area (Å²) in [6, 6.07) is 7.79. The first kappa shape index (κ1) is 14.2. The summed E-state index contributed by atoms with van der Waals surface area (Å²) in [6.45, 7) is 2.02. The van der Waals surface area contributed by atoms with Crippen molar-refractivity contribution in [3.8, 4) is 0 Å². The molecule has 1 aliphatic rings. The zero-order valence-electron chi connectivity index (χ0n) is 12.2. The van der Waals surface area contributed by atoms with Crippen LogP contribution in [-0.4, -0.2) is 20.9 Å². The first-order valence-electron chi connectivity index (χ1n) is 7.11. The second-order valence-corrected chi connectivity index (χ2v) is 5.31. The van der Waals surface area contributed by atoms with E-state index >= 15 is 0 Å². The van der Waals surface area contributed by atoms with Crippen LogP contribution < -0.4 is 11.1 Å². The molecule has 7 nitrogen and oxygen atoms in total. The number of aromatic nitrogens is 3. The van der Waals surface area contributed by atoms with Crippen LogP contribution in [0.5, 0.6) is 0 Å². The van der Waals surface area contributed by atoms with Gasteiger partial charge in [0.05, 0.1) is 5.92 Å². The summed E-state index contributed by atoms with van der Waals surface area (Å²) in [6.07, 6.45) is 1.80. The number of nitrogens with two attached hydrogens (primary N) is 1. The van der Waals surface area contributed by atoms with Crippen molar-refractivity contribution < 1.29 is 9.53 Å². The Hall–Kier alpha value is -2.70. The Bertz CT molecular complexity index is 683. The van der Waals surface area contributed by atoms with E-state index in [-0.39, 0.29) is 24.4 Å². The quantitative estimate of drug-likeness (QED) is 0.813. The Morgan fingerprint density at radius 2 is 2.00 bits per heavy atom. The van der Waals surface area contributed by atoms with Crippen LogP contribution in [0.4, 0.5) is 17.6 Å². The first-order chi connectivity index (χ1) is 10.6. The van der Waals surface area contributed by atoms with Gasteiger partial charge in [-0.2, -0.15) is 15.0 Å². The van der Waals surface area contributed by atoms with E-state index in [9.17, 15) is 4.79 Å². The van der Waals surface area contributed by atoms with Crippen molar-refractivity contribution in [1.29, 1.82) is 0 Å². The molecule has 1 aliphatic carbocycles. The summed E-state index contributed by atoms with van der Waals surface area (Å²) < 4.78 is 5.15. The Morgan fingerprint density at radius 3 is 2.68 bits per heavy atom. The monoisotopic (exact) mass is 299 g/mol. The van der Waals surface area contributed by atoms with E-state index in [4.69, 9.17) is 10.5 Å². The van der Waals surface area contributed by atoms with Crippen molar-refractivity contribution in [2.75, 3.05) is 11.1 Å². The van der Waals surface area contributed by atoms with Gasteiger partial charge in [-0.05, 0) is 31.9 Å².